The number of ether oxygens (including phenoxy) is 1. The van der Waals surface area contributed by atoms with Gasteiger partial charge in [0.05, 0.1) is 5.69 Å². The lowest BCUT2D eigenvalue weighted by atomic mass is 10.0. The van der Waals surface area contributed by atoms with Crippen LogP contribution < -0.4 is 5.32 Å². The largest absolute Gasteiger partial charge is 0.444 e. The van der Waals surface area contributed by atoms with E-state index in [1.165, 1.54) is 4.52 Å². The smallest absolute Gasteiger partial charge is 0.408 e. The molecular weight excluding hydrogens is 272 g/mol. The van der Waals surface area contributed by atoms with Crippen molar-refractivity contribution >= 4 is 18.0 Å². The lowest BCUT2D eigenvalue weighted by Gasteiger charge is -2.26. The van der Waals surface area contributed by atoms with Crippen molar-refractivity contribution in [3.05, 3.63) is 30.2 Å². The van der Waals surface area contributed by atoms with Crippen molar-refractivity contribution < 1.29 is 14.3 Å². The van der Waals surface area contributed by atoms with Gasteiger partial charge in [-0.25, -0.2) is 14.3 Å². The Bertz CT molecular complexity index is 641. The first-order valence-electron chi connectivity index (χ1n) is 6.52. The first-order chi connectivity index (χ1) is 9.73. The number of alkyl carbamates (subject to hydrolysis) is 1. The molecule has 2 heterocycles. The number of aromatic nitrogens is 3. The number of nitrogens with zero attached hydrogens (tertiary/aromatic N) is 3. The standard InChI is InChI=1S/C14H18N4O3/c1-13(2,3)21-12(20)16-14(4,9-19)10-8-11-15-6-5-7-18(11)17-10/h5-9H,1-4H3,(H,16,20). The lowest BCUT2D eigenvalue weighted by Crippen LogP contribution is -2.47. The fourth-order valence-electron chi connectivity index (χ4n) is 1.75. The highest BCUT2D eigenvalue weighted by Crippen LogP contribution is 2.19. The molecule has 0 aliphatic rings. The van der Waals surface area contributed by atoms with E-state index in [1.54, 1.807) is 52.2 Å². The second kappa shape index (κ2) is 5.16. The van der Waals surface area contributed by atoms with Crippen LogP contribution in [0.15, 0.2) is 24.5 Å². The van der Waals surface area contributed by atoms with E-state index >= 15 is 0 Å². The zero-order chi connectivity index (χ0) is 15.7. The van der Waals surface area contributed by atoms with Crippen molar-refractivity contribution in [2.24, 2.45) is 0 Å². The molecule has 7 nitrogen and oxygen atoms in total. The van der Waals surface area contributed by atoms with E-state index in [0.717, 1.165) is 0 Å². The van der Waals surface area contributed by atoms with Crippen LogP contribution in [0.5, 0.6) is 0 Å². The van der Waals surface area contributed by atoms with Gasteiger partial charge in [0.2, 0.25) is 0 Å². The third-order valence-corrected chi connectivity index (χ3v) is 2.76. The normalized spacial score (nSPS) is 14.5. The third-order valence-electron chi connectivity index (χ3n) is 2.76. The molecule has 1 amide bonds. The van der Waals surface area contributed by atoms with Crippen molar-refractivity contribution in [2.45, 2.75) is 38.8 Å². The minimum absolute atomic E-state index is 0.391. The number of carbonyl (C=O) groups is 2. The fraction of sp³-hybridized carbons (Fsp3) is 0.429. The van der Waals surface area contributed by atoms with Crippen LogP contribution in [0.25, 0.3) is 5.65 Å². The van der Waals surface area contributed by atoms with E-state index in [-0.39, 0.29) is 0 Å². The van der Waals surface area contributed by atoms with Crippen molar-refractivity contribution in [3.8, 4) is 0 Å². The fourth-order valence-corrected chi connectivity index (χ4v) is 1.75. The Morgan fingerprint density at radius 2 is 2.10 bits per heavy atom. The molecule has 0 saturated carbocycles. The summed E-state index contributed by atoms with van der Waals surface area (Å²) < 4.78 is 6.71. The quantitative estimate of drug-likeness (QED) is 0.869. The van der Waals surface area contributed by atoms with Gasteiger partial charge in [-0.05, 0) is 33.8 Å². The Labute approximate surface area is 122 Å². The van der Waals surface area contributed by atoms with Crippen molar-refractivity contribution in [2.75, 3.05) is 0 Å². The van der Waals surface area contributed by atoms with Gasteiger partial charge in [-0.2, -0.15) is 5.10 Å². The molecule has 2 aromatic rings. The van der Waals surface area contributed by atoms with Crippen LogP contribution in [-0.4, -0.2) is 32.6 Å². The molecule has 0 radical (unpaired) electrons. The molecule has 0 bridgehead atoms. The number of nitrogens with one attached hydrogen (secondary N) is 1. The number of hydrogen-bond acceptors (Lipinski definition) is 5. The summed E-state index contributed by atoms with van der Waals surface area (Å²) in [6.07, 6.45) is 3.28. The Balaban J connectivity index is 2.28. The van der Waals surface area contributed by atoms with Gasteiger partial charge >= 0.3 is 6.09 Å². The average Bonchev–Trinajstić information content (AvgIpc) is 2.80. The zero-order valence-electron chi connectivity index (χ0n) is 12.5. The Morgan fingerprint density at radius 3 is 2.67 bits per heavy atom. The van der Waals surface area contributed by atoms with Gasteiger partial charge in [0.1, 0.15) is 11.1 Å². The summed E-state index contributed by atoms with van der Waals surface area (Å²) >= 11 is 0. The second-order valence-corrected chi connectivity index (χ2v) is 5.90. The van der Waals surface area contributed by atoms with E-state index in [9.17, 15) is 9.59 Å². The predicted molar refractivity (Wildman–Crippen MR) is 75.8 cm³/mol. The maximum Gasteiger partial charge on any atom is 0.408 e. The maximum absolute atomic E-state index is 11.9. The molecule has 1 unspecified atom stereocenters. The predicted octanol–water partition coefficient (Wildman–Crippen LogP) is 1.67. The first kappa shape index (κ1) is 15.0. The zero-order valence-corrected chi connectivity index (χ0v) is 12.5. The van der Waals surface area contributed by atoms with Gasteiger partial charge in [0.25, 0.3) is 0 Å². The van der Waals surface area contributed by atoms with E-state index in [4.69, 9.17) is 4.74 Å². The highest BCUT2D eigenvalue weighted by atomic mass is 16.6. The number of aldehydes is 1. The highest BCUT2D eigenvalue weighted by Gasteiger charge is 2.33. The van der Waals surface area contributed by atoms with Gasteiger partial charge < -0.3 is 14.8 Å². The number of hydrogen-bond donors (Lipinski definition) is 1. The molecule has 0 spiro atoms. The van der Waals surface area contributed by atoms with Crippen LogP contribution in [-0.2, 0) is 15.1 Å². The molecule has 7 heteroatoms. The molecule has 0 aliphatic heterocycles. The number of fused-ring (bicyclic) bond motifs is 1. The highest BCUT2D eigenvalue weighted by molar-refractivity contribution is 5.77. The first-order valence-corrected chi connectivity index (χ1v) is 6.52. The van der Waals surface area contributed by atoms with Crippen LogP contribution >= 0.6 is 0 Å². The summed E-state index contributed by atoms with van der Waals surface area (Å²) in [5.41, 5.74) is -0.946. The van der Waals surface area contributed by atoms with E-state index in [1.807, 2.05) is 0 Å². The van der Waals surface area contributed by atoms with Gasteiger partial charge in [0.15, 0.2) is 11.9 Å². The summed E-state index contributed by atoms with van der Waals surface area (Å²) in [7, 11) is 0. The number of carbonyl (C=O) groups excluding carboxylic acids is 2. The van der Waals surface area contributed by atoms with Crippen molar-refractivity contribution in [1.82, 2.24) is 19.9 Å². The van der Waals surface area contributed by atoms with Crippen LogP contribution in [0, 0.1) is 0 Å². The minimum atomic E-state index is -1.28. The SMILES string of the molecule is CC(C)(C)OC(=O)NC(C)(C=O)c1cc2ncccn2n1. The van der Waals surface area contributed by atoms with Crippen molar-refractivity contribution in [3.63, 3.8) is 0 Å². The van der Waals surface area contributed by atoms with Crippen LogP contribution in [0.2, 0.25) is 0 Å². The van der Waals surface area contributed by atoms with Gasteiger partial charge in [-0.1, -0.05) is 0 Å². The molecule has 0 fully saturated rings. The summed E-state index contributed by atoms with van der Waals surface area (Å²) in [5.74, 6) is 0. The van der Waals surface area contributed by atoms with E-state index < -0.39 is 17.2 Å². The molecule has 21 heavy (non-hydrogen) atoms. The van der Waals surface area contributed by atoms with Gasteiger partial charge in [0, 0.05) is 18.5 Å². The Kier molecular flexibility index (Phi) is 3.67. The summed E-state index contributed by atoms with van der Waals surface area (Å²) in [5, 5.41) is 6.80. The van der Waals surface area contributed by atoms with Crippen molar-refractivity contribution in [1.29, 1.82) is 0 Å². The molecule has 0 saturated heterocycles. The van der Waals surface area contributed by atoms with Crippen LogP contribution in [0.4, 0.5) is 4.79 Å². The molecule has 2 aromatic heterocycles. The molecule has 2 rings (SSSR count). The lowest BCUT2D eigenvalue weighted by molar-refractivity contribution is -0.113. The van der Waals surface area contributed by atoms with Crippen LogP contribution in [0.1, 0.15) is 33.4 Å². The Hall–Kier alpha value is -2.44. The molecule has 0 aliphatic carbocycles. The second-order valence-electron chi connectivity index (χ2n) is 5.90. The Morgan fingerprint density at radius 1 is 1.38 bits per heavy atom. The molecule has 1 N–H and O–H groups in total. The number of rotatable bonds is 3. The molecule has 1 atom stereocenters. The topological polar surface area (TPSA) is 85.6 Å². The van der Waals surface area contributed by atoms with E-state index in [2.05, 4.69) is 15.4 Å². The summed E-state index contributed by atoms with van der Waals surface area (Å²) in [6.45, 7) is 6.81. The molecule has 112 valence electrons. The maximum atomic E-state index is 11.9. The summed E-state index contributed by atoms with van der Waals surface area (Å²) in [4.78, 5) is 27.5. The average molecular weight is 290 g/mol. The molecular formula is C14H18N4O3. The van der Waals surface area contributed by atoms with Gasteiger partial charge in [-0.3, -0.25) is 0 Å². The minimum Gasteiger partial charge on any atom is -0.444 e. The van der Waals surface area contributed by atoms with E-state index in [0.29, 0.717) is 17.6 Å². The molecule has 0 aromatic carbocycles. The monoisotopic (exact) mass is 290 g/mol. The third kappa shape index (κ3) is 3.36. The van der Waals surface area contributed by atoms with Crippen LogP contribution in [0.3, 0.4) is 0 Å². The van der Waals surface area contributed by atoms with Gasteiger partial charge in [-0.15, -0.1) is 0 Å². The number of amides is 1. The summed E-state index contributed by atoms with van der Waals surface area (Å²) in [6, 6.07) is 3.37.